The number of nitrogens with one attached hydrogen (secondary N) is 1. The fourth-order valence-electron chi connectivity index (χ4n) is 2.71. The highest BCUT2D eigenvalue weighted by molar-refractivity contribution is 8.00. The van der Waals surface area contributed by atoms with Crippen LogP contribution in [0.3, 0.4) is 0 Å². The molecule has 3 unspecified atom stereocenters. The molecule has 122 valence electrons. The van der Waals surface area contributed by atoms with E-state index in [1.807, 2.05) is 16.7 Å². The van der Waals surface area contributed by atoms with E-state index < -0.39 is 5.97 Å². The second-order valence-electron chi connectivity index (χ2n) is 6.29. The molecule has 6 heteroatoms. The van der Waals surface area contributed by atoms with Crippen LogP contribution in [0, 0.1) is 11.8 Å². The molecule has 1 aliphatic heterocycles. The number of carboxylic acids is 1. The largest absolute Gasteiger partial charge is 0.481 e. The van der Waals surface area contributed by atoms with Gasteiger partial charge in [-0.3, -0.25) is 4.79 Å². The summed E-state index contributed by atoms with van der Waals surface area (Å²) in [7, 11) is 0. The Morgan fingerprint density at radius 3 is 2.62 bits per heavy atom. The van der Waals surface area contributed by atoms with E-state index in [0.29, 0.717) is 17.7 Å². The number of carbonyl (C=O) groups excluding carboxylic acids is 1. The Balaban J connectivity index is 2.50. The first kappa shape index (κ1) is 18.1. The van der Waals surface area contributed by atoms with E-state index in [1.165, 1.54) is 0 Å². The molecule has 0 aromatic rings. The van der Waals surface area contributed by atoms with Gasteiger partial charge >= 0.3 is 12.0 Å². The fraction of sp³-hybridized carbons (Fsp3) is 0.867. The summed E-state index contributed by atoms with van der Waals surface area (Å²) in [6.45, 7) is 9.55. The molecule has 0 aliphatic carbocycles. The van der Waals surface area contributed by atoms with Crippen molar-refractivity contribution in [3.05, 3.63) is 0 Å². The third-order valence-corrected chi connectivity index (χ3v) is 5.29. The van der Waals surface area contributed by atoms with E-state index >= 15 is 0 Å². The second kappa shape index (κ2) is 8.51. The van der Waals surface area contributed by atoms with Crippen molar-refractivity contribution in [2.75, 3.05) is 18.8 Å². The first-order valence-corrected chi connectivity index (χ1v) is 8.74. The Morgan fingerprint density at radius 2 is 2.05 bits per heavy atom. The maximum Gasteiger partial charge on any atom is 0.317 e. The fourth-order valence-corrected chi connectivity index (χ4v) is 3.80. The van der Waals surface area contributed by atoms with Crippen LogP contribution < -0.4 is 5.32 Å². The third-order valence-electron chi connectivity index (χ3n) is 3.95. The molecule has 1 rings (SSSR count). The van der Waals surface area contributed by atoms with Crippen LogP contribution in [0.15, 0.2) is 0 Å². The maximum atomic E-state index is 12.3. The number of nitrogens with zero attached hydrogens (tertiary/aromatic N) is 1. The highest BCUT2D eigenvalue weighted by Crippen LogP contribution is 2.24. The predicted octanol–water partition coefficient (Wildman–Crippen LogP) is 2.66. The van der Waals surface area contributed by atoms with Gasteiger partial charge in [0.05, 0.1) is 0 Å². The molecule has 1 saturated heterocycles. The molecule has 1 aliphatic rings. The third kappa shape index (κ3) is 6.16. The number of thioether (sulfide) groups is 1. The summed E-state index contributed by atoms with van der Waals surface area (Å²) in [6.07, 6.45) is 0.925. The molecule has 1 fully saturated rings. The van der Waals surface area contributed by atoms with Crippen LogP contribution in [0.1, 0.15) is 40.5 Å². The van der Waals surface area contributed by atoms with Crippen molar-refractivity contribution >= 4 is 23.8 Å². The monoisotopic (exact) mass is 316 g/mol. The van der Waals surface area contributed by atoms with Crippen molar-refractivity contribution < 1.29 is 14.7 Å². The van der Waals surface area contributed by atoms with Crippen molar-refractivity contribution in [1.29, 1.82) is 0 Å². The molecule has 2 amide bonds. The molecule has 0 spiro atoms. The number of aliphatic carboxylic acids is 1. The first-order chi connectivity index (χ1) is 9.81. The normalized spacial score (nSPS) is 24.0. The summed E-state index contributed by atoms with van der Waals surface area (Å²) in [5, 5.41) is 12.3. The molecule has 0 saturated carbocycles. The minimum Gasteiger partial charge on any atom is -0.481 e. The van der Waals surface area contributed by atoms with Crippen LogP contribution in [-0.4, -0.2) is 52.1 Å². The summed E-state index contributed by atoms with van der Waals surface area (Å²) >= 11 is 1.89. The van der Waals surface area contributed by atoms with Crippen molar-refractivity contribution in [3.8, 4) is 0 Å². The van der Waals surface area contributed by atoms with Crippen LogP contribution in [0.4, 0.5) is 4.79 Å². The van der Waals surface area contributed by atoms with Gasteiger partial charge in [0.1, 0.15) is 0 Å². The van der Waals surface area contributed by atoms with Crippen LogP contribution in [0.5, 0.6) is 0 Å². The quantitative estimate of drug-likeness (QED) is 0.790. The number of hydrogen-bond donors (Lipinski definition) is 2. The summed E-state index contributed by atoms with van der Waals surface area (Å²) in [6, 6.07) is 0.153. The Hall–Kier alpha value is -0.910. The average molecular weight is 316 g/mol. The standard InChI is InChI=1S/C15H28N2O3S/c1-10(2)7-13(8-14(18)19)9-16-15(20)17-5-6-21-12(4)11(17)3/h10-13H,5-9H2,1-4H3,(H,16,20)(H,18,19). The highest BCUT2D eigenvalue weighted by Gasteiger charge is 2.29. The molecule has 0 aromatic carbocycles. The molecule has 21 heavy (non-hydrogen) atoms. The van der Waals surface area contributed by atoms with E-state index in [4.69, 9.17) is 5.11 Å². The minimum absolute atomic E-state index is 0.00153. The lowest BCUT2D eigenvalue weighted by molar-refractivity contribution is -0.138. The second-order valence-corrected chi connectivity index (χ2v) is 7.77. The smallest absolute Gasteiger partial charge is 0.317 e. The SMILES string of the molecule is CC(C)CC(CNC(=O)N1CCSC(C)C1C)CC(=O)O. The molecule has 0 aromatic heterocycles. The van der Waals surface area contributed by atoms with Gasteiger partial charge in [-0.2, -0.15) is 11.8 Å². The van der Waals surface area contributed by atoms with E-state index in [0.717, 1.165) is 18.7 Å². The highest BCUT2D eigenvalue weighted by atomic mass is 32.2. The van der Waals surface area contributed by atoms with E-state index in [-0.39, 0.29) is 24.4 Å². The Kier molecular flexibility index (Phi) is 7.35. The van der Waals surface area contributed by atoms with Crippen molar-refractivity contribution in [3.63, 3.8) is 0 Å². The summed E-state index contributed by atoms with van der Waals surface area (Å²) in [5.41, 5.74) is 0. The van der Waals surface area contributed by atoms with Crippen molar-refractivity contribution in [2.45, 2.75) is 51.8 Å². The Labute approximate surface area is 131 Å². The topological polar surface area (TPSA) is 69.6 Å². The van der Waals surface area contributed by atoms with Gasteiger partial charge in [0.2, 0.25) is 0 Å². The molecule has 0 bridgehead atoms. The zero-order valence-electron chi connectivity index (χ0n) is 13.5. The maximum absolute atomic E-state index is 12.3. The van der Waals surface area contributed by atoms with Gasteiger partial charge < -0.3 is 15.3 Å². The van der Waals surface area contributed by atoms with Crippen LogP contribution in [-0.2, 0) is 4.79 Å². The van der Waals surface area contributed by atoms with Gasteiger partial charge in [-0.25, -0.2) is 4.79 Å². The number of amides is 2. The van der Waals surface area contributed by atoms with Crippen molar-refractivity contribution in [2.24, 2.45) is 11.8 Å². The number of urea groups is 1. The number of rotatable bonds is 6. The predicted molar refractivity (Wildman–Crippen MR) is 86.7 cm³/mol. The van der Waals surface area contributed by atoms with E-state index in [1.54, 1.807) is 0 Å². The first-order valence-electron chi connectivity index (χ1n) is 7.69. The van der Waals surface area contributed by atoms with Gasteiger partial charge in [-0.1, -0.05) is 20.8 Å². The lowest BCUT2D eigenvalue weighted by atomic mass is 9.94. The minimum atomic E-state index is -0.800. The molecule has 1 heterocycles. The van der Waals surface area contributed by atoms with E-state index in [9.17, 15) is 9.59 Å². The Bertz CT molecular complexity index is 363. The zero-order valence-corrected chi connectivity index (χ0v) is 14.3. The average Bonchev–Trinajstić information content (AvgIpc) is 2.37. The van der Waals surface area contributed by atoms with Gasteiger partial charge in [0.15, 0.2) is 0 Å². The zero-order chi connectivity index (χ0) is 16.0. The van der Waals surface area contributed by atoms with Crippen LogP contribution >= 0.6 is 11.8 Å². The van der Waals surface area contributed by atoms with Crippen LogP contribution in [0.2, 0.25) is 0 Å². The Morgan fingerprint density at radius 1 is 1.38 bits per heavy atom. The summed E-state index contributed by atoms with van der Waals surface area (Å²) in [5.74, 6) is 0.588. The summed E-state index contributed by atoms with van der Waals surface area (Å²) in [4.78, 5) is 25.1. The van der Waals surface area contributed by atoms with Gasteiger partial charge in [0, 0.05) is 36.6 Å². The molecule has 2 N–H and O–H groups in total. The van der Waals surface area contributed by atoms with Crippen molar-refractivity contribution in [1.82, 2.24) is 10.2 Å². The number of carbonyl (C=O) groups is 2. The van der Waals surface area contributed by atoms with Gasteiger partial charge in [0.25, 0.3) is 0 Å². The number of hydrogen-bond acceptors (Lipinski definition) is 3. The number of carboxylic acid groups (broad SMARTS) is 1. The van der Waals surface area contributed by atoms with Gasteiger partial charge in [-0.05, 0) is 25.2 Å². The lowest BCUT2D eigenvalue weighted by Crippen LogP contribution is -2.52. The molecular formula is C15H28N2O3S. The molecule has 0 radical (unpaired) electrons. The molecule has 5 nitrogen and oxygen atoms in total. The summed E-state index contributed by atoms with van der Waals surface area (Å²) < 4.78 is 0. The molecule has 3 atom stereocenters. The lowest BCUT2D eigenvalue weighted by Gasteiger charge is -2.37. The molecular weight excluding hydrogens is 288 g/mol. The van der Waals surface area contributed by atoms with Crippen LogP contribution in [0.25, 0.3) is 0 Å². The van der Waals surface area contributed by atoms with E-state index in [2.05, 4.69) is 33.0 Å². The van der Waals surface area contributed by atoms with Gasteiger partial charge in [-0.15, -0.1) is 0 Å².